The van der Waals surface area contributed by atoms with Gasteiger partial charge in [-0.3, -0.25) is 14.7 Å². The number of halogens is 1. The number of guanidine groups is 1. The number of rotatable bonds is 5. The van der Waals surface area contributed by atoms with Crippen LogP contribution in [-0.4, -0.2) is 73.6 Å². The molecule has 1 aliphatic rings. The van der Waals surface area contributed by atoms with Crippen molar-refractivity contribution in [3.8, 4) is 0 Å². The van der Waals surface area contributed by atoms with E-state index in [0.29, 0.717) is 6.54 Å². The predicted octanol–water partition coefficient (Wildman–Crippen LogP) is 1.07. The molecule has 0 unspecified atom stereocenters. The first-order valence-electron chi connectivity index (χ1n) is 8.68. The maximum atomic E-state index is 11.9. The number of aromatic nitrogens is 1. The first-order valence-corrected chi connectivity index (χ1v) is 8.68. The average molecular weight is 478 g/mol. The zero-order valence-corrected chi connectivity index (χ0v) is 18.7. The predicted molar refractivity (Wildman–Crippen MR) is 113 cm³/mol. The number of aliphatic imine (C=N–C) groups is 1. The number of hydrogen-bond acceptors (Lipinski definition) is 5. The minimum Gasteiger partial charge on any atom is -0.361 e. The van der Waals surface area contributed by atoms with Gasteiger partial charge >= 0.3 is 0 Å². The van der Waals surface area contributed by atoms with Crippen molar-refractivity contribution in [2.75, 3.05) is 46.8 Å². The van der Waals surface area contributed by atoms with Crippen molar-refractivity contribution >= 4 is 35.8 Å². The Bertz CT molecular complexity index is 608. The molecule has 0 radical (unpaired) electrons. The molecule has 1 saturated heterocycles. The van der Waals surface area contributed by atoms with Crippen LogP contribution in [0.25, 0.3) is 0 Å². The Labute approximate surface area is 172 Å². The summed E-state index contributed by atoms with van der Waals surface area (Å²) in [6.45, 7) is 10.7. The summed E-state index contributed by atoms with van der Waals surface area (Å²) in [6.07, 6.45) is 0. The van der Waals surface area contributed by atoms with Crippen molar-refractivity contribution < 1.29 is 9.32 Å². The summed E-state index contributed by atoms with van der Waals surface area (Å²) in [5.41, 5.74) is 0.484. The van der Waals surface area contributed by atoms with Crippen molar-refractivity contribution in [2.45, 2.75) is 27.3 Å². The Balaban J connectivity index is 0.00000338. The molecule has 0 aliphatic carbocycles. The summed E-state index contributed by atoms with van der Waals surface area (Å²) in [6, 6.07) is 1.98. The standard InChI is InChI=1S/C17H30N6O2.HI/c1-13-10-14(21-25-13)11-22-6-8-23(9-7-22)16(19-5)20-12-17(2,3)15(24)18-4;/h10H,6-9,11-12H2,1-5H3,(H,18,24)(H,19,20);1H. The molecule has 2 rings (SSSR count). The molecular formula is C17H31IN6O2. The first kappa shape index (κ1) is 22.7. The lowest BCUT2D eigenvalue weighted by molar-refractivity contribution is -0.128. The van der Waals surface area contributed by atoms with Gasteiger partial charge in [-0.05, 0) is 20.8 Å². The van der Waals surface area contributed by atoms with Gasteiger partial charge in [0.2, 0.25) is 5.91 Å². The summed E-state index contributed by atoms with van der Waals surface area (Å²) in [5, 5.41) is 10.1. The molecule has 1 aliphatic heterocycles. The number of carbonyl (C=O) groups is 1. The summed E-state index contributed by atoms with van der Waals surface area (Å²) in [5.74, 6) is 1.70. The SMILES string of the molecule is CN=C(NCC(C)(C)C(=O)NC)N1CCN(Cc2cc(C)on2)CC1.I. The fraction of sp³-hybridized carbons (Fsp3) is 0.706. The second-order valence-electron chi connectivity index (χ2n) is 7.06. The number of piperazine rings is 1. The van der Waals surface area contributed by atoms with Crippen LogP contribution in [0.2, 0.25) is 0 Å². The first-order chi connectivity index (χ1) is 11.9. The molecule has 8 nitrogen and oxygen atoms in total. The second kappa shape index (κ2) is 10.1. The van der Waals surface area contributed by atoms with Gasteiger partial charge in [-0.25, -0.2) is 0 Å². The molecule has 1 aromatic rings. The number of carbonyl (C=O) groups excluding carboxylic acids is 1. The minimum absolute atomic E-state index is 0. The summed E-state index contributed by atoms with van der Waals surface area (Å²) in [4.78, 5) is 20.9. The number of aryl methyl sites for hydroxylation is 1. The van der Waals surface area contributed by atoms with Gasteiger partial charge in [-0.1, -0.05) is 5.16 Å². The number of hydrogen-bond donors (Lipinski definition) is 2. The van der Waals surface area contributed by atoms with Crippen molar-refractivity contribution in [1.29, 1.82) is 0 Å². The maximum absolute atomic E-state index is 11.9. The third kappa shape index (κ3) is 6.11. The van der Waals surface area contributed by atoms with Gasteiger partial charge in [-0.15, -0.1) is 24.0 Å². The molecule has 1 fully saturated rings. The van der Waals surface area contributed by atoms with Crippen LogP contribution in [0.3, 0.4) is 0 Å². The third-order valence-corrected chi connectivity index (χ3v) is 4.48. The molecule has 0 atom stereocenters. The molecular weight excluding hydrogens is 447 g/mol. The van der Waals surface area contributed by atoms with E-state index in [1.54, 1.807) is 14.1 Å². The fourth-order valence-corrected chi connectivity index (χ4v) is 2.89. The molecule has 148 valence electrons. The Morgan fingerprint density at radius 2 is 2.00 bits per heavy atom. The molecule has 0 spiro atoms. The molecule has 9 heteroatoms. The fourth-order valence-electron chi connectivity index (χ4n) is 2.89. The van der Waals surface area contributed by atoms with Crippen LogP contribution in [-0.2, 0) is 11.3 Å². The van der Waals surface area contributed by atoms with E-state index in [0.717, 1.165) is 50.1 Å². The molecule has 1 aromatic heterocycles. The van der Waals surface area contributed by atoms with Gasteiger partial charge in [0.1, 0.15) is 5.76 Å². The molecule has 0 bridgehead atoms. The van der Waals surface area contributed by atoms with Gasteiger partial charge in [0.05, 0.1) is 11.1 Å². The van der Waals surface area contributed by atoms with Gasteiger partial charge in [-0.2, -0.15) is 0 Å². The maximum Gasteiger partial charge on any atom is 0.227 e. The van der Waals surface area contributed by atoms with E-state index >= 15 is 0 Å². The number of amides is 1. The van der Waals surface area contributed by atoms with Crippen LogP contribution in [0, 0.1) is 12.3 Å². The Morgan fingerprint density at radius 3 is 2.50 bits per heavy atom. The topological polar surface area (TPSA) is 86.0 Å². The second-order valence-corrected chi connectivity index (χ2v) is 7.06. The van der Waals surface area contributed by atoms with E-state index in [1.165, 1.54) is 0 Å². The van der Waals surface area contributed by atoms with Crippen LogP contribution in [0.1, 0.15) is 25.3 Å². The monoisotopic (exact) mass is 478 g/mol. The smallest absolute Gasteiger partial charge is 0.227 e. The lowest BCUT2D eigenvalue weighted by Gasteiger charge is -2.37. The molecule has 26 heavy (non-hydrogen) atoms. The third-order valence-electron chi connectivity index (χ3n) is 4.48. The van der Waals surface area contributed by atoms with E-state index in [4.69, 9.17) is 4.52 Å². The molecule has 0 aromatic carbocycles. The number of nitrogens with zero attached hydrogens (tertiary/aromatic N) is 4. The Hall–Kier alpha value is -1.36. The summed E-state index contributed by atoms with van der Waals surface area (Å²) in [7, 11) is 3.44. The Kier molecular flexibility index (Phi) is 8.81. The molecule has 2 N–H and O–H groups in total. The van der Waals surface area contributed by atoms with Crippen LogP contribution < -0.4 is 10.6 Å². The normalized spacial score (nSPS) is 16.2. The van der Waals surface area contributed by atoms with Crippen LogP contribution in [0.5, 0.6) is 0 Å². The van der Waals surface area contributed by atoms with E-state index < -0.39 is 5.41 Å². The van der Waals surface area contributed by atoms with E-state index in [9.17, 15) is 4.79 Å². The highest BCUT2D eigenvalue weighted by atomic mass is 127. The highest BCUT2D eigenvalue weighted by molar-refractivity contribution is 14.0. The highest BCUT2D eigenvalue weighted by Crippen LogP contribution is 2.14. The average Bonchev–Trinajstić information content (AvgIpc) is 3.00. The molecule has 1 amide bonds. The van der Waals surface area contributed by atoms with Gasteiger partial charge < -0.3 is 20.1 Å². The van der Waals surface area contributed by atoms with E-state index in [1.807, 2.05) is 26.8 Å². The van der Waals surface area contributed by atoms with Crippen molar-refractivity contribution in [1.82, 2.24) is 25.6 Å². The highest BCUT2D eigenvalue weighted by Gasteiger charge is 2.28. The summed E-state index contributed by atoms with van der Waals surface area (Å²) < 4.78 is 5.13. The zero-order valence-electron chi connectivity index (χ0n) is 16.3. The quantitative estimate of drug-likeness (QED) is 0.374. The lowest BCUT2D eigenvalue weighted by atomic mass is 9.92. The van der Waals surface area contributed by atoms with Crippen LogP contribution in [0.15, 0.2) is 15.6 Å². The number of nitrogens with one attached hydrogen (secondary N) is 2. The van der Waals surface area contributed by atoms with E-state index in [2.05, 4.69) is 30.6 Å². The van der Waals surface area contributed by atoms with Crippen LogP contribution in [0.4, 0.5) is 0 Å². The largest absolute Gasteiger partial charge is 0.361 e. The summed E-state index contributed by atoms with van der Waals surface area (Å²) >= 11 is 0. The lowest BCUT2D eigenvalue weighted by Crippen LogP contribution is -2.54. The zero-order chi connectivity index (χ0) is 18.4. The van der Waals surface area contributed by atoms with Crippen molar-refractivity contribution in [3.63, 3.8) is 0 Å². The van der Waals surface area contributed by atoms with Gasteiger partial charge in [0.25, 0.3) is 0 Å². The van der Waals surface area contributed by atoms with E-state index in [-0.39, 0.29) is 29.9 Å². The van der Waals surface area contributed by atoms with Gasteiger partial charge in [0.15, 0.2) is 5.96 Å². The minimum atomic E-state index is -0.489. The van der Waals surface area contributed by atoms with Gasteiger partial charge in [0, 0.05) is 59.4 Å². The Morgan fingerprint density at radius 1 is 1.35 bits per heavy atom. The van der Waals surface area contributed by atoms with Crippen molar-refractivity contribution in [2.24, 2.45) is 10.4 Å². The van der Waals surface area contributed by atoms with Crippen molar-refractivity contribution in [3.05, 3.63) is 17.5 Å². The molecule has 2 heterocycles. The van der Waals surface area contributed by atoms with Crippen LogP contribution >= 0.6 is 24.0 Å². The molecule has 0 saturated carbocycles.